The predicted molar refractivity (Wildman–Crippen MR) is 271 cm³/mol. The van der Waals surface area contributed by atoms with Gasteiger partial charge < -0.3 is 9.30 Å². The van der Waals surface area contributed by atoms with Crippen molar-refractivity contribution in [1.82, 2.24) is 4.57 Å². The standard InChI is InChI=1S/C59H62BNO/c1-36(2)39-31-47(37(3)4)57(48(32-39)38(5)6)60-51-23-17-18-24-55(51)62-56-35-42(27-28-52(56)60)61-53-29-25-40(58(7,8)9)33-49(53)45-21-15-13-19-43(45)44-20-14-16-22-46(44)50-34-41(59(10,11)12)26-30-54(50)61/h13-38H,1-12H3. The molecule has 0 aliphatic carbocycles. The van der Waals surface area contributed by atoms with E-state index in [0.717, 1.165) is 28.2 Å². The van der Waals surface area contributed by atoms with Gasteiger partial charge >= 0.3 is 0 Å². The van der Waals surface area contributed by atoms with Crippen molar-refractivity contribution in [1.29, 1.82) is 0 Å². The van der Waals surface area contributed by atoms with Gasteiger partial charge in [0.15, 0.2) is 0 Å². The maximum Gasteiger partial charge on any atom is 0.251 e. The van der Waals surface area contributed by atoms with Crippen molar-refractivity contribution in [2.24, 2.45) is 0 Å². The maximum atomic E-state index is 7.09. The van der Waals surface area contributed by atoms with Gasteiger partial charge in [-0.25, -0.2) is 0 Å². The lowest BCUT2D eigenvalue weighted by Crippen LogP contribution is -2.57. The first-order chi connectivity index (χ1) is 29.5. The smallest absolute Gasteiger partial charge is 0.251 e. The van der Waals surface area contributed by atoms with Crippen molar-refractivity contribution >= 4 is 66.5 Å². The van der Waals surface area contributed by atoms with Gasteiger partial charge in [-0.05, 0) is 125 Å². The van der Waals surface area contributed by atoms with Gasteiger partial charge in [0, 0.05) is 22.5 Å². The van der Waals surface area contributed by atoms with Crippen molar-refractivity contribution in [2.75, 3.05) is 0 Å². The Morgan fingerprint density at radius 1 is 0.435 bits per heavy atom. The molecule has 1 aliphatic rings. The monoisotopic (exact) mass is 811 g/mol. The highest BCUT2D eigenvalue weighted by molar-refractivity contribution is 6.97. The molecule has 0 saturated carbocycles. The fraction of sp³-hybridized carbons (Fsp3) is 0.288. The minimum absolute atomic E-state index is 0.0255. The second-order valence-electron chi connectivity index (χ2n) is 20.8. The van der Waals surface area contributed by atoms with Crippen molar-refractivity contribution in [3.05, 3.63) is 167 Å². The highest BCUT2D eigenvalue weighted by Crippen LogP contribution is 2.39. The summed E-state index contributed by atoms with van der Waals surface area (Å²) >= 11 is 0. The summed E-state index contributed by atoms with van der Waals surface area (Å²) in [7, 11) is 0. The highest BCUT2D eigenvalue weighted by atomic mass is 16.5. The third kappa shape index (κ3) is 7.18. The molecule has 0 amide bonds. The first kappa shape index (κ1) is 41.6. The van der Waals surface area contributed by atoms with Crippen LogP contribution in [0.1, 0.15) is 129 Å². The Morgan fingerprint density at radius 2 is 0.887 bits per heavy atom. The summed E-state index contributed by atoms with van der Waals surface area (Å²) < 4.78 is 9.61. The molecule has 8 aromatic rings. The van der Waals surface area contributed by atoms with Crippen LogP contribution >= 0.6 is 0 Å². The van der Waals surface area contributed by atoms with E-state index in [4.69, 9.17) is 4.74 Å². The first-order valence-electron chi connectivity index (χ1n) is 22.9. The molecular formula is C59H62BNO. The maximum absolute atomic E-state index is 7.09. The molecule has 1 aromatic heterocycles. The molecule has 0 radical (unpaired) electrons. The molecule has 0 bridgehead atoms. The van der Waals surface area contributed by atoms with E-state index in [1.165, 1.54) is 76.5 Å². The van der Waals surface area contributed by atoms with Gasteiger partial charge in [-0.3, -0.25) is 0 Å². The summed E-state index contributed by atoms with van der Waals surface area (Å²) in [5.74, 6) is 3.00. The SMILES string of the molecule is CC(C)c1cc(C(C)C)c(B2c3ccccc3Oc3cc(-n4c5ccc(C(C)(C)C)cc5c5ccccc5c5ccccc5c5cc(C(C)(C)C)ccc54)ccc32)c(C(C)C)c1. The minimum atomic E-state index is -0.0379. The van der Waals surface area contributed by atoms with Crippen molar-refractivity contribution in [3.8, 4) is 17.2 Å². The summed E-state index contributed by atoms with van der Waals surface area (Å²) in [5.41, 5.74) is 14.0. The number of hydrogen-bond donors (Lipinski definition) is 0. The molecule has 0 atom stereocenters. The Kier molecular flexibility index (Phi) is 10.4. The zero-order valence-corrected chi connectivity index (χ0v) is 38.9. The number of hydrogen-bond acceptors (Lipinski definition) is 1. The van der Waals surface area contributed by atoms with Gasteiger partial charge in [-0.15, -0.1) is 0 Å². The van der Waals surface area contributed by atoms with Crippen LogP contribution < -0.4 is 21.1 Å². The zero-order chi connectivity index (χ0) is 43.8. The average molecular weight is 812 g/mol. The first-order valence-corrected chi connectivity index (χ1v) is 22.9. The number of ether oxygens (including phenoxy) is 1. The van der Waals surface area contributed by atoms with Gasteiger partial charge in [0.05, 0.1) is 11.0 Å². The van der Waals surface area contributed by atoms with Crippen LogP contribution in [0.3, 0.4) is 0 Å². The van der Waals surface area contributed by atoms with E-state index in [1.807, 2.05) is 0 Å². The van der Waals surface area contributed by atoms with Crippen molar-refractivity contribution in [3.63, 3.8) is 0 Å². The number of nitrogens with zero attached hydrogens (tertiary/aromatic N) is 1. The molecule has 3 heteroatoms. The van der Waals surface area contributed by atoms with Gasteiger partial charge in [0.1, 0.15) is 11.5 Å². The van der Waals surface area contributed by atoms with Gasteiger partial charge in [0.2, 0.25) is 0 Å². The molecular weight excluding hydrogens is 749 g/mol. The predicted octanol–water partition coefficient (Wildman–Crippen LogP) is 14.8. The Hall–Kier alpha value is -5.80. The summed E-state index contributed by atoms with van der Waals surface area (Å²) in [4.78, 5) is 0. The number of para-hydroxylation sites is 1. The lowest BCUT2D eigenvalue weighted by atomic mass is 9.34. The normalized spacial score (nSPS) is 13.0. The second kappa shape index (κ2) is 15.5. The lowest BCUT2D eigenvalue weighted by molar-refractivity contribution is 0.487. The van der Waals surface area contributed by atoms with Crippen LogP contribution in [-0.4, -0.2) is 11.3 Å². The Labute approximate surface area is 370 Å². The van der Waals surface area contributed by atoms with Crippen LogP contribution in [0.15, 0.2) is 140 Å². The van der Waals surface area contributed by atoms with Crippen molar-refractivity contribution < 1.29 is 4.74 Å². The van der Waals surface area contributed by atoms with Gasteiger partial charge in [0.25, 0.3) is 6.71 Å². The molecule has 0 fully saturated rings. The van der Waals surface area contributed by atoms with Crippen molar-refractivity contribution in [2.45, 2.75) is 112 Å². The van der Waals surface area contributed by atoms with Crippen LogP contribution in [0.4, 0.5) is 0 Å². The lowest BCUT2D eigenvalue weighted by Gasteiger charge is -2.32. The minimum Gasteiger partial charge on any atom is -0.458 e. The summed E-state index contributed by atoms with van der Waals surface area (Å²) in [5, 5.41) is 7.36. The Balaban J connectivity index is 1.44. The van der Waals surface area contributed by atoms with E-state index in [1.54, 1.807) is 0 Å². The van der Waals surface area contributed by atoms with Crippen LogP contribution in [0.2, 0.25) is 0 Å². The second-order valence-corrected chi connectivity index (χ2v) is 20.8. The molecule has 9 rings (SSSR count). The van der Waals surface area contributed by atoms with Gasteiger partial charge in [-0.1, -0.05) is 186 Å². The topological polar surface area (TPSA) is 14.2 Å². The van der Waals surface area contributed by atoms with E-state index in [0.29, 0.717) is 17.8 Å². The van der Waals surface area contributed by atoms with E-state index in [2.05, 4.69) is 227 Å². The number of aromatic nitrogens is 1. The largest absolute Gasteiger partial charge is 0.458 e. The van der Waals surface area contributed by atoms with E-state index >= 15 is 0 Å². The number of fused-ring (bicyclic) bond motifs is 9. The molecule has 312 valence electrons. The third-order valence-electron chi connectivity index (χ3n) is 13.4. The third-order valence-corrected chi connectivity index (χ3v) is 13.4. The van der Waals surface area contributed by atoms with E-state index < -0.39 is 0 Å². The molecule has 1 aliphatic heterocycles. The number of rotatable bonds is 5. The summed E-state index contributed by atoms with van der Waals surface area (Å²) in [6.07, 6.45) is 0. The van der Waals surface area contributed by atoms with Crippen LogP contribution in [-0.2, 0) is 10.8 Å². The fourth-order valence-corrected chi connectivity index (χ4v) is 9.88. The average Bonchev–Trinajstić information content (AvgIpc) is 3.28. The zero-order valence-electron chi connectivity index (χ0n) is 38.9. The summed E-state index contributed by atoms with van der Waals surface area (Å²) in [6.45, 7) is 28.0. The van der Waals surface area contributed by atoms with Gasteiger partial charge in [-0.2, -0.15) is 0 Å². The molecule has 0 N–H and O–H groups in total. The summed E-state index contributed by atoms with van der Waals surface area (Å²) in [6, 6.07) is 53.0. The molecule has 0 unspecified atom stereocenters. The molecule has 2 heterocycles. The fourth-order valence-electron chi connectivity index (χ4n) is 9.88. The molecule has 7 aromatic carbocycles. The molecule has 0 spiro atoms. The van der Waals surface area contributed by atoms with Crippen LogP contribution in [0.5, 0.6) is 11.5 Å². The van der Waals surface area contributed by atoms with Crippen LogP contribution in [0, 0.1) is 0 Å². The van der Waals surface area contributed by atoms with E-state index in [9.17, 15) is 0 Å². The molecule has 2 nitrogen and oxygen atoms in total. The molecule has 0 saturated heterocycles. The Bertz CT molecular complexity index is 2960. The number of benzene rings is 7. The molecule has 62 heavy (non-hydrogen) atoms. The quantitative estimate of drug-likeness (QED) is 0.158. The highest BCUT2D eigenvalue weighted by Gasteiger charge is 2.37. The Morgan fingerprint density at radius 3 is 1.35 bits per heavy atom. The van der Waals surface area contributed by atoms with E-state index in [-0.39, 0.29) is 17.5 Å². The van der Waals surface area contributed by atoms with Crippen LogP contribution in [0.25, 0.3) is 49.0 Å².